The third-order valence-corrected chi connectivity index (χ3v) is 5.15. The van der Waals surface area contributed by atoms with Gasteiger partial charge in [-0.1, -0.05) is 18.2 Å². The summed E-state index contributed by atoms with van der Waals surface area (Å²) in [4.78, 5) is 27.5. The van der Waals surface area contributed by atoms with Gasteiger partial charge in [0.1, 0.15) is 5.75 Å². The van der Waals surface area contributed by atoms with Gasteiger partial charge in [0.2, 0.25) is 0 Å². The van der Waals surface area contributed by atoms with Crippen LogP contribution in [-0.4, -0.2) is 25.0 Å². The van der Waals surface area contributed by atoms with Crippen LogP contribution in [0.4, 0.5) is 11.4 Å². The standard InChI is InChI=1S/C25H24N2O3/c1-2-30-22-13-11-21(12-14-22)26-24(28)20-10-15-23-19(17-20)9-6-16-27(23)25(29)18-7-4-3-5-8-18/h3-5,7-8,10-15,17H,2,6,9,16H2,1H3,(H,26,28). The molecule has 1 aliphatic heterocycles. The number of carbonyl (C=O) groups is 2. The van der Waals surface area contributed by atoms with E-state index in [-0.39, 0.29) is 11.8 Å². The van der Waals surface area contributed by atoms with Crippen LogP contribution in [0.25, 0.3) is 0 Å². The first-order valence-corrected chi connectivity index (χ1v) is 10.2. The Bertz CT molecular complexity index is 1050. The highest BCUT2D eigenvalue weighted by atomic mass is 16.5. The molecule has 3 aromatic carbocycles. The van der Waals surface area contributed by atoms with Gasteiger partial charge in [-0.25, -0.2) is 0 Å². The van der Waals surface area contributed by atoms with Crippen molar-refractivity contribution in [1.29, 1.82) is 0 Å². The van der Waals surface area contributed by atoms with Gasteiger partial charge in [-0.3, -0.25) is 9.59 Å². The lowest BCUT2D eigenvalue weighted by atomic mass is 9.98. The maximum atomic E-state index is 12.9. The quantitative estimate of drug-likeness (QED) is 0.661. The first-order chi connectivity index (χ1) is 14.7. The fraction of sp³-hybridized carbons (Fsp3) is 0.200. The van der Waals surface area contributed by atoms with Gasteiger partial charge in [0, 0.05) is 29.0 Å². The molecule has 0 bridgehead atoms. The largest absolute Gasteiger partial charge is 0.494 e. The second kappa shape index (κ2) is 8.82. The smallest absolute Gasteiger partial charge is 0.258 e. The highest BCUT2D eigenvalue weighted by molar-refractivity contribution is 6.08. The summed E-state index contributed by atoms with van der Waals surface area (Å²) in [5.74, 6) is 0.587. The summed E-state index contributed by atoms with van der Waals surface area (Å²) < 4.78 is 5.43. The average Bonchev–Trinajstić information content (AvgIpc) is 2.80. The Morgan fingerprint density at radius 1 is 0.967 bits per heavy atom. The van der Waals surface area contributed by atoms with Gasteiger partial charge in [0.25, 0.3) is 11.8 Å². The Balaban J connectivity index is 1.52. The molecule has 1 heterocycles. The topological polar surface area (TPSA) is 58.6 Å². The minimum atomic E-state index is -0.173. The van der Waals surface area contributed by atoms with E-state index in [9.17, 15) is 9.59 Å². The van der Waals surface area contributed by atoms with E-state index in [0.717, 1.165) is 29.8 Å². The minimum absolute atomic E-state index is 0.0110. The molecular weight excluding hydrogens is 376 g/mol. The summed E-state index contributed by atoms with van der Waals surface area (Å²) in [6.45, 7) is 3.21. The summed E-state index contributed by atoms with van der Waals surface area (Å²) in [6.07, 6.45) is 1.72. The normalized spacial score (nSPS) is 12.8. The van der Waals surface area contributed by atoms with Gasteiger partial charge in [-0.2, -0.15) is 0 Å². The van der Waals surface area contributed by atoms with Gasteiger partial charge < -0.3 is 15.0 Å². The highest BCUT2D eigenvalue weighted by Gasteiger charge is 2.24. The number of nitrogens with one attached hydrogen (secondary N) is 1. The van der Waals surface area contributed by atoms with Gasteiger partial charge in [0.15, 0.2) is 0 Å². The SMILES string of the molecule is CCOc1ccc(NC(=O)c2ccc3c(c2)CCCN3C(=O)c2ccccc2)cc1. The molecule has 0 radical (unpaired) electrons. The van der Waals surface area contributed by atoms with Crippen molar-refractivity contribution in [2.75, 3.05) is 23.4 Å². The lowest BCUT2D eigenvalue weighted by Gasteiger charge is -2.30. The van der Waals surface area contributed by atoms with Gasteiger partial charge in [-0.15, -0.1) is 0 Å². The maximum absolute atomic E-state index is 12.9. The number of nitrogens with zero attached hydrogens (tertiary/aromatic N) is 1. The molecule has 0 aromatic heterocycles. The van der Waals surface area contributed by atoms with Crippen LogP contribution in [0.3, 0.4) is 0 Å². The number of rotatable bonds is 5. The van der Waals surface area contributed by atoms with Crippen molar-refractivity contribution in [2.24, 2.45) is 0 Å². The van der Waals surface area contributed by atoms with E-state index in [1.165, 1.54) is 0 Å². The molecule has 0 saturated heterocycles. The fourth-order valence-corrected chi connectivity index (χ4v) is 3.69. The van der Waals surface area contributed by atoms with Crippen LogP contribution < -0.4 is 15.0 Å². The van der Waals surface area contributed by atoms with E-state index in [4.69, 9.17) is 4.74 Å². The van der Waals surface area contributed by atoms with Gasteiger partial charge in [-0.05, 0) is 79.9 Å². The molecule has 1 aliphatic rings. The molecular formula is C25H24N2O3. The second-order valence-corrected chi connectivity index (χ2v) is 7.18. The first-order valence-electron chi connectivity index (χ1n) is 10.2. The van der Waals surface area contributed by atoms with Crippen LogP contribution in [0.1, 0.15) is 39.6 Å². The number of aryl methyl sites for hydroxylation is 1. The van der Waals surface area contributed by atoms with Crippen molar-refractivity contribution in [3.63, 3.8) is 0 Å². The Hall–Kier alpha value is -3.60. The lowest BCUT2D eigenvalue weighted by Crippen LogP contribution is -2.35. The molecule has 3 aromatic rings. The number of hydrogen-bond donors (Lipinski definition) is 1. The molecule has 0 spiro atoms. The van der Waals surface area contributed by atoms with E-state index in [1.807, 2.05) is 78.6 Å². The summed E-state index contributed by atoms with van der Waals surface area (Å²) in [7, 11) is 0. The Labute approximate surface area is 176 Å². The molecule has 152 valence electrons. The first kappa shape index (κ1) is 19.7. The van der Waals surface area contributed by atoms with Crippen LogP contribution >= 0.6 is 0 Å². The molecule has 0 saturated carbocycles. The number of amides is 2. The van der Waals surface area contributed by atoms with E-state index in [1.54, 1.807) is 6.07 Å². The van der Waals surface area contributed by atoms with Crippen LogP contribution in [0.5, 0.6) is 5.75 Å². The minimum Gasteiger partial charge on any atom is -0.494 e. The molecule has 5 heteroatoms. The summed E-state index contributed by atoms with van der Waals surface area (Å²) in [5.41, 5.74) is 3.86. The van der Waals surface area contributed by atoms with Crippen molar-refractivity contribution in [2.45, 2.75) is 19.8 Å². The Morgan fingerprint density at radius 3 is 2.47 bits per heavy atom. The molecule has 4 rings (SSSR count). The predicted octanol–water partition coefficient (Wildman–Crippen LogP) is 4.93. The summed E-state index contributed by atoms with van der Waals surface area (Å²) in [6, 6.07) is 22.1. The monoisotopic (exact) mass is 400 g/mol. The molecule has 30 heavy (non-hydrogen) atoms. The van der Waals surface area contributed by atoms with E-state index in [0.29, 0.717) is 30.0 Å². The van der Waals surface area contributed by atoms with E-state index < -0.39 is 0 Å². The Kier molecular flexibility index (Phi) is 5.80. The molecule has 0 unspecified atom stereocenters. The lowest BCUT2D eigenvalue weighted by molar-refractivity contribution is 0.0984. The average molecular weight is 400 g/mol. The van der Waals surface area contributed by atoms with Crippen molar-refractivity contribution in [1.82, 2.24) is 0 Å². The number of benzene rings is 3. The molecule has 0 aliphatic carbocycles. The van der Waals surface area contributed by atoms with Crippen LogP contribution in [0.15, 0.2) is 72.8 Å². The molecule has 0 atom stereocenters. The van der Waals surface area contributed by atoms with Crippen LogP contribution in [0.2, 0.25) is 0 Å². The van der Waals surface area contributed by atoms with E-state index in [2.05, 4.69) is 5.32 Å². The number of carbonyl (C=O) groups excluding carboxylic acids is 2. The Morgan fingerprint density at radius 2 is 1.73 bits per heavy atom. The number of hydrogen-bond acceptors (Lipinski definition) is 3. The van der Waals surface area contributed by atoms with Crippen molar-refractivity contribution < 1.29 is 14.3 Å². The number of anilines is 2. The molecule has 2 amide bonds. The van der Waals surface area contributed by atoms with Crippen molar-refractivity contribution in [3.05, 3.63) is 89.5 Å². The molecule has 5 nitrogen and oxygen atoms in total. The van der Waals surface area contributed by atoms with Gasteiger partial charge in [0.05, 0.1) is 6.61 Å². The zero-order valence-corrected chi connectivity index (χ0v) is 16.9. The zero-order chi connectivity index (χ0) is 20.9. The summed E-state index contributed by atoms with van der Waals surface area (Å²) in [5, 5.41) is 2.92. The molecule has 1 N–H and O–H groups in total. The third-order valence-electron chi connectivity index (χ3n) is 5.15. The predicted molar refractivity (Wildman–Crippen MR) is 118 cm³/mol. The molecule has 0 fully saturated rings. The van der Waals surface area contributed by atoms with Crippen molar-refractivity contribution >= 4 is 23.2 Å². The number of ether oxygens (including phenoxy) is 1. The third kappa shape index (κ3) is 4.20. The maximum Gasteiger partial charge on any atom is 0.258 e. The highest BCUT2D eigenvalue weighted by Crippen LogP contribution is 2.30. The number of fused-ring (bicyclic) bond motifs is 1. The summed E-state index contributed by atoms with van der Waals surface area (Å²) >= 11 is 0. The van der Waals surface area contributed by atoms with E-state index >= 15 is 0 Å². The fourth-order valence-electron chi connectivity index (χ4n) is 3.69. The van der Waals surface area contributed by atoms with Crippen LogP contribution in [-0.2, 0) is 6.42 Å². The van der Waals surface area contributed by atoms with Gasteiger partial charge >= 0.3 is 0 Å². The van der Waals surface area contributed by atoms with Crippen LogP contribution in [0, 0.1) is 0 Å². The second-order valence-electron chi connectivity index (χ2n) is 7.18. The van der Waals surface area contributed by atoms with Crippen molar-refractivity contribution in [3.8, 4) is 5.75 Å². The zero-order valence-electron chi connectivity index (χ0n) is 16.9.